The summed E-state index contributed by atoms with van der Waals surface area (Å²) in [6, 6.07) is 9.65. The minimum Gasteiger partial charge on any atom is -0.389 e. The fourth-order valence-corrected chi connectivity index (χ4v) is 2.20. The zero-order valence-corrected chi connectivity index (χ0v) is 13.3. The van der Waals surface area contributed by atoms with Crippen molar-refractivity contribution in [2.75, 3.05) is 0 Å². The zero-order chi connectivity index (χ0) is 15.6. The van der Waals surface area contributed by atoms with Crippen molar-refractivity contribution in [3.8, 4) is 11.3 Å². The van der Waals surface area contributed by atoms with Crippen LogP contribution in [0.1, 0.15) is 25.0 Å². The van der Waals surface area contributed by atoms with Gasteiger partial charge in [0.25, 0.3) is 5.56 Å². The van der Waals surface area contributed by atoms with Gasteiger partial charge in [0.2, 0.25) is 0 Å². The van der Waals surface area contributed by atoms with Crippen molar-refractivity contribution < 1.29 is 0 Å². The van der Waals surface area contributed by atoms with Crippen molar-refractivity contribution in [3.63, 3.8) is 0 Å². The van der Waals surface area contributed by atoms with Crippen LogP contribution in [0.5, 0.6) is 0 Å². The van der Waals surface area contributed by atoms with Gasteiger partial charge in [0, 0.05) is 12.1 Å². The van der Waals surface area contributed by atoms with Crippen LogP contribution in [0.4, 0.5) is 0 Å². The third-order valence-electron chi connectivity index (χ3n) is 3.13. The van der Waals surface area contributed by atoms with E-state index in [1.54, 1.807) is 6.07 Å². The minimum atomic E-state index is -0.230. The van der Waals surface area contributed by atoms with E-state index in [1.165, 1.54) is 10.2 Å². The molecule has 0 aliphatic carbocycles. The lowest BCUT2D eigenvalue weighted by molar-refractivity contribution is 0.465. The van der Waals surface area contributed by atoms with E-state index in [0.29, 0.717) is 23.7 Å². The lowest BCUT2D eigenvalue weighted by Crippen LogP contribution is -2.32. The molecule has 0 saturated heterocycles. The molecule has 0 spiro atoms. The van der Waals surface area contributed by atoms with Crippen molar-refractivity contribution in [2.24, 2.45) is 11.7 Å². The molecule has 2 N–H and O–H groups in total. The Kier molecular flexibility index (Phi) is 4.53. The molecule has 110 valence electrons. The standard InChI is InChI=1S/C16H19N3OS/c1-10(2)9-19-16(20)13(15(17)21)8-14(18-19)12-6-4-11(3)5-7-12/h4-8,10H,9H2,1-3H3,(H2,17,21). The van der Waals surface area contributed by atoms with E-state index in [-0.39, 0.29) is 10.5 Å². The summed E-state index contributed by atoms with van der Waals surface area (Å²) in [4.78, 5) is 12.4. The van der Waals surface area contributed by atoms with Crippen LogP contribution in [0.25, 0.3) is 11.3 Å². The predicted molar refractivity (Wildman–Crippen MR) is 89.4 cm³/mol. The molecule has 0 aliphatic heterocycles. The van der Waals surface area contributed by atoms with Crippen LogP contribution in [-0.2, 0) is 6.54 Å². The number of aryl methyl sites for hydroxylation is 1. The van der Waals surface area contributed by atoms with Crippen LogP contribution in [0.2, 0.25) is 0 Å². The average molecular weight is 301 g/mol. The van der Waals surface area contributed by atoms with Crippen LogP contribution in [0.15, 0.2) is 35.1 Å². The Morgan fingerprint density at radius 2 is 1.95 bits per heavy atom. The molecule has 0 saturated carbocycles. The summed E-state index contributed by atoms with van der Waals surface area (Å²) in [5, 5.41) is 4.44. The molecule has 21 heavy (non-hydrogen) atoms. The van der Waals surface area contributed by atoms with Gasteiger partial charge < -0.3 is 5.73 Å². The summed E-state index contributed by atoms with van der Waals surface area (Å²) in [6.07, 6.45) is 0. The summed E-state index contributed by atoms with van der Waals surface area (Å²) < 4.78 is 1.45. The molecule has 0 fully saturated rings. The van der Waals surface area contributed by atoms with Gasteiger partial charge in [-0.1, -0.05) is 55.9 Å². The summed E-state index contributed by atoms with van der Waals surface area (Å²) in [7, 11) is 0. The highest BCUT2D eigenvalue weighted by atomic mass is 32.1. The SMILES string of the molecule is Cc1ccc(-c2cc(C(N)=S)c(=O)n(CC(C)C)n2)cc1. The molecule has 2 rings (SSSR count). The lowest BCUT2D eigenvalue weighted by atomic mass is 10.1. The van der Waals surface area contributed by atoms with E-state index in [9.17, 15) is 4.79 Å². The Labute approximate surface area is 129 Å². The van der Waals surface area contributed by atoms with Gasteiger partial charge >= 0.3 is 0 Å². The van der Waals surface area contributed by atoms with Crippen molar-refractivity contribution in [2.45, 2.75) is 27.3 Å². The number of hydrogen-bond acceptors (Lipinski definition) is 3. The van der Waals surface area contributed by atoms with Gasteiger partial charge in [0.05, 0.1) is 11.3 Å². The minimum absolute atomic E-state index is 0.105. The molecule has 0 unspecified atom stereocenters. The van der Waals surface area contributed by atoms with Crippen molar-refractivity contribution in [1.29, 1.82) is 0 Å². The van der Waals surface area contributed by atoms with Crippen molar-refractivity contribution in [1.82, 2.24) is 9.78 Å². The van der Waals surface area contributed by atoms with E-state index >= 15 is 0 Å². The quantitative estimate of drug-likeness (QED) is 0.882. The van der Waals surface area contributed by atoms with Gasteiger partial charge in [-0.15, -0.1) is 0 Å². The summed E-state index contributed by atoms with van der Waals surface area (Å²) in [5.41, 5.74) is 8.61. The van der Waals surface area contributed by atoms with Gasteiger partial charge in [-0.2, -0.15) is 5.10 Å². The molecule has 4 nitrogen and oxygen atoms in total. The third-order valence-corrected chi connectivity index (χ3v) is 3.35. The van der Waals surface area contributed by atoms with Crippen LogP contribution in [0, 0.1) is 12.8 Å². The molecule has 2 aromatic rings. The highest BCUT2D eigenvalue weighted by Crippen LogP contribution is 2.17. The van der Waals surface area contributed by atoms with E-state index in [4.69, 9.17) is 18.0 Å². The van der Waals surface area contributed by atoms with Crippen LogP contribution >= 0.6 is 12.2 Å². The molecule has 5 heteroatoms. The topological polar surface area (TPSA) is 60.9 Å². The van der Waals surface area contributed by atoms with Gasteiger partial charge in [-0.25, -0.2) is 4.68 Å². The predicted octanol–water partition coefficient (Wildman–Crippen LogP) is 2.51. The Hall–Kier alpha value is -2.01. The number of rotatable bonds is 4. The van der Waals surface area contributed by atoms with Crippen molar-refractivity contribution >= 4 is 17.2 Å². The molecule has 0 atom stereocenters. The first-order valence-corrected chi connectivity index (χ1v) is 7.28. The first-order valence-electron chi connectivity index (χ1n) is 6.87. The first-order chi connectivity index (χ1) is 9.88. The number of hydrogen-bond donors (Lipinski definition) is 1. The molecule has 0 radical (unpaired) electrons. The second-order valence-electron chi connectivity index (χ2n) is 5.55. The van der Waals surface area contributed by atoms with Crippen LogP contribution < -0.4 is 11.3 Å². The average Bonchev–Trinajstić information content (AvgIpc) is 2.41. The number of aromatic nitrogens is 2. The molecule has 1 aromatic carbocycles. The van der Waals surface area contributed by atoms with E-state index in [2.05, 4.69) is 5.10 Å². The maximum atomic E-state index is 12.3. The fraction of sp³-hybridized carbons (Fsp3) is 0.312. The van der Waals surface area contributed by atoms with Crippen molar-refractivity contribution in [3.05, 3.63) is 51.8 Å². The molecule has 0 amide bonds. The summed E-state index contributed by atoms with van der Waals surface area (Å²) in [6.45, 7) is 6.63. The molecule has 1 heterocycles. The Morgan fingerprint density at radius 1 is 1.33 bits per heavy atom. The molecule has 0 aliphatic rings. The van der Waals surface area contributed by atoms with Gasteiger partial charge in [-0.3, -0.25) is 4.79 Å². The summed E-state index contributed by atoms with van der Waals surface area (Å²) >= 11 is 4.99. The number of thiocarbonyl (C=S) groups is 1. The first kappa shape index (κ1) is 15.4. The maximum Gasteiger partial charge on any atom is 0.277 e. The maximum absolute atomic E-state index is 12.3. The second kappa shape index (κ2) is 6.18. The van der Waals surface area contributed by atoms with E-state index in [1.807, 2.05) is 45.0 Å². The normalized spacial score (nSPS) is 10.9. The number of nitrogens with two attached hydrogens (primary N) is 1. The number of benzene rings is 1. The summed E-state index contributed by atoms with van der Waals surface area (Å²) in [5.74, 6) is 0.308. The van der Waals surface area contributed by atoms with Crippen LogP contribution in [0.3, 0.4) is 0 Å². The highest BCUT2D eigenvalue weighted by Gasteiger charge is 2.12. The molecular weight excluding hydrogens is 282 g/mol. The van der Waals surface area contributed by atoms with Gasteiger partial charge in [0.15, 0.2) is 0 Å². The smallest absolute Gasteiger partial charge is 0.277 e. The third kappa shape index (κ3) is 3.55. The Balaban J connectivity index is 2.61. The number of nitrogens with zero attached hydrogens (tertiary/aromatic N) is 2. The fourth-order valence-electron chi connectivity index (χ4n) is 2.05. The van der Waals surface area contributed by atoms with Gasteiger partial charge in [0.1, 0.15) is 4.99 Å². The molecular formula is C16H19N3OS. The highest BCUT2D eigenvalue weighted by molar-refractivity contribution is 7.80. The zero-order valence-electron chi connectivity index (χ0n) is 12.5. The molecule has 1 aromatic heterocycles. The Bertz CT molecular complexity index is 717. The lowest BCUT2D eigenvalue weighted by Gasteiger charge is -2.12. The second-order valence-corrected chi connectivity index (χ2v) is 5.99. The molecule has 0 bridgehead atoms. The largest absolute Gasteiger partial charge is 0.389 e. The van der Waals surface area contributed by atoms with Gasteiger partial charge in [-0.05, 0) is 18.9 Å². The van der Waals surface area contributed by atoms with E-state index in [0.717, 1.165) is 5.56 Å². The monoisotopic (exact) mass is 301 g/mol. The van der Waals surface area contributed by atoms with Crippen LogP contribution in [-0.4, -0.2) is 14.8 Å². The Morgan fingerprint density at radius 3 is 2.48 bits per heavy atom. The van der Waals surface area contributed by atoms with E-state index < -0.39 is 0 Å².